The van der Waals surface area contributed by atoms with E-state index >= 15 is 0 Å². The number of halogens is 2. The van der Waals surface area contributed by atoms with E-state index in [4.69, 9.17) is 18.0 Å². The molecular formula is C9H6F2N4S. The molecule has 0 aliphatic rings. The number of anilines is 1. The molecule has 1 aromatic carbocycles. The number of aromatic nitrogens is 3. The highest BCUT2D eigenvalue weighted by atomic mass is 32.1. The number of rotatable bonds is 1. The van der Waals surface area contributed by atoms with Crippen LogP contribution in [0, 0.1) is 16.4 Å². The molecule has 0 spiro atoms. The molecule has 0 atom stereocenters. The van der Waals surface area contributed by atoms with Crippen LogP contribution in [0.3, 0.4) is 0 Å². The quantitative estimate of drug-likeness (QED) is 0.749. The van der Waals surface area contributed by atoms with Gasteiger partial charge in [0.2, 0.25) is 10.7 Å². The van der Waals surface area contributed by atoms with Crippen molar-refractivity contribution in [2.75, 3.05) is 5.73 Å². The zero-order valence-electron chi connectivity index (χ0n) is 7.87. The van der Waals surface area contributed by atoms with Crippen molar-refractivity contribution in [3.63, 3.8) is 0 Å². The molecule has 0 saturated heterocycles. The summed E-state index contributed by atoms with van der Waals surface area (Å²) in [5.41, 5.74) is 5.35. The first kappa shape index (κ1) is 10.6. The fourth-order valence-corrected chi connectivity index (χ4v) is 1.40. The third-order valence-electron chi connectivity index (χ3n) is 1.85. The SMILES string of the molecule is Nc1nc(=S)nc(-c2cc(F)ccc2F)[nH]1. The predicted octanol–water partition coefficient (Wildman–Crippen LogP) is 2.06. The van der Waals surface area contributed by atoms with Gasteiger partial charge in [-0.25, -0.2) is 13.8 Å². The molecule has 0 unspecified atom stereocenters. The third kappa shape index (κ3) is 2.03. The first-order valence-corrected chi connectivity index (χ1v) is 4.66. The average molecular weight is 240 g/mol. The van der Waals surface area contributed by atoms with Crippen molar-refractivity contribution in [3.8, 4) is 11.4 Å². The van der Waals surface area contributed by atoms with Crippen LogP contribution in [0.4, 0.5) is 14.7 Å². The maximum atomic E-state index is 13.4. The number of H-pyrrole nitrogens is 1. The summed E-state index contributed by atoms with van der Waals surface area (Å²) in [5, 5.41) is 0. The molecule has 7 heteroatoms. The molecule has 0 saturated carbocycles. The Morgan fingerprint density at radius 2 is 2.00 bits per heavy atom. The van der Waals surface area contributed by atoms with Gasteiger partial charge in [0.25, 0.3) is 0 Å². The van der Waals surface area contributed by atoms with Crippen LogP contribution in [0.5, 0.6) is 0 Å². The Balaban J connectivity index is 2.66. The second kappa shape index (κ2) is 3.93. The number of nitrogens with one attached hydrogen (secondary N) is 1. The van der Waals surface area contributed by atoms with Crippen LogP contribution in [0.1, 0.15) is 0 Å². The number of benzene rings is 1. The zero-order valence-corrected chi connectivity index (χ0v) is 8.68. The smallest absolute Gasteiger partial charge is 0.224 e. The Morgan fingerprint density at radius 3 is 2.69 bits per heavy atom. The minimum Gasteiger partial charge on any atom is -0.369 e. The maximum absolute atomic E-state index is 13.4. The molecule has 1 heterocycles. The standard InChI is InChI=1S/C9H6F2N4S/c10-4-1-2-6(11)5(3-4)7-13-8(12)15-9(16)14-7/h1-3H,(H3,12,13,14,15,16). The van der Waals surface area contributed by atoms with E-state index in [9.17, 15) is 8.78 Å². The first-order chi connectivity index (χ1) is 7.56. The second-order valence-electron chi connectivity index (χ2n) is 2.99. The van der Waals surface area contributed by atoms with Crippen molar-refractivity contribution >= 4 is 18.2 Å². The second-order valence-corrected chi connectivity index (χ2v) is 3.35. The van der Waals surface area contributed by atoms with Gasteiger partial charge in [-0.1, -0.05) is 0 Å². The summed E-state index contributed by atoms with van der Waals surface area (Å²) in [5.74, 6) is -1.15. The molecule has 2 rings (SSSR count). The van der Waals surface area contributed by atoms with E-state index in [0.717, 1.165) is 18.2 Å². The van der Waals surface area contributed by atoms with Crippen LogP contribution in [-0.2, 0) is 0 Å². The maximum Gasteiger partial charge on any atom is 0.224 e. The fraction of sp³-hybridized carbons (Fsp3) is 0. The Hall–Kier alpha value is -1.89. The number of nitrogen functional groups attached to an aromatic ring is 1. The van der Waals surface area contributed by atoms with E-state index in [-0.39, 0.29) is 22.1 Å². The van der Waals surface area contributed by atoms with E-state index in [1.807, 2.05) is 0 Å². The average Bonchev–Trinajstić information content (AvgIpc) is 2.20. The lowest BCUT2D eigenvalue weighted by molar-refractivity contribution is 0.602. The molecule has 0 bridgehead atoms. The van der Waals surface area contributed by atoms with Gasteiger partial charge in [-0.3, -0.25) is 0 Å². The van der Waals surface area contributed by atoms with E-state index in [0.29, 0.717) is 0 Å². The van der Waals surface area contributed by atoms with Crippen LogP contribution >= 0.6 is 12.2 Å². The minimum absolute atomic E-state index is 0.00124. The molecule has 82 valence electrons. The van der Waals surface area contributed by atoms with Gasteiger partial charge < -0.3 is 10.7 Å². The van der Waals surface area contributed by atoms with E-state index in [2.05, 4.69) is 15.0 Å². The Bertz CT molecular complexity index is 596. The van der Waals surface area contributed by atoms with Gasteiger partial charge in [0.15, 0.2) is 0 Å². The molecule has 0 radical (unpaired) electrons. The van der Waals surface area contributed by atoms with Crippen LogP contribution in [0.15, 0.2) is 18.2 Å². The van der Waals surface area contributed by atoms with Crippen molar-refractivity contribution in [1.82, 2.24) is 15.0 Å². The highest BCUT2D eigenvalue weighted by Crippen LogP contribution is 2.20. The van der Waals surface area contributed by atoms with Crippen molar-refractivity contribution in [3.05, 3.63) is 34.6 Å². The molecule has 16 heavy (non-hydrogen) atoms. The van der Waals surface area contributed by atoms with Crippen LogP contribution < -0.4 is 5.73 Å². The summed E-state index contributed by atoms with van der Waals surface area (Å²) in [6.45, 7) is 0. The Kier molecular flexibility index (Phi) is 2.61. The monoisotopic (exact) mass is 240 g/mol. The highest BCUT2D eigenvalue weighted by Gasteiger charge is 2.09. The molecule has 0 aliphatic carbocycles. The van der Waals surface area contributed by atoms with E-state index < -0.39 is 11.6 Å². The molecule has 2 aromatic rings. The lowest BCUT2D eigenvalue weighted by atomic mass is 10.2. The molecule has 1 aromatic heterocycles. The largest absolute Gasteiger partial charge is 0.369 e. The van der Waals surface area contributed by atoms with Crippen molar-refractivity contribution in [2.24, 2.45) is 0 Å². The van der Waals surface area contributed by atoms with Crippen LogP contribution in [0.25, 0.3) is 11.4 Å². The minimum atomic E-state index is -0.620. The van der Waals surface area contributed by atoms with Gasteiger partial charge in [0, 0.05) is 0 Å². The van der Waals surface area contributed by atoms with Gasteiger partial charge in [0.05, 0.1) is 5.56 Å². The highest BCUT2D eigenvalue weighted by molar-refractivity contribution is 7.71. The lowest BCUT2D eigenvalue weighted by Crippen LogP contribution is -2.01. The molecule has 0 aliphatic heterocycles. The summed E-state index contributed by atoms with van der Waals surface area (Å²) < 4.78 is 26.3. The van der Waals surface area contributed by atoms with Gasteiger partial charge in [-0.2, -0.15) is 4.98 Å². The summed E-state index contributed by atoms with van der Waals surface area (Å²) in [7, 11) is 0. The van der Waals surface area contributed by atoms with Gasteiger partial charge in [-0.15, -0.1) is 0 Å². The van der Waals surface area contributed by atoms with Crippen molar-refractivity contribution < 1.29 is 8.78 Å². The van der Waals surface area contributed by atoms with Crippen molar-refractivity contribution in [1.29, 1.82) is 0 Å². The molecule has 0 amide bonds. The summed E-state index contributed by atoms with van der Waals surface area (Å²) in [4.78, 5) is 9.90. The van der Waals surface area contributed by atoms with Gasteiger partial charge in [0.1, 0.15) is 17.5 Å². The molecule has 3 N–H and O–H groups in total. The topological polar surface area (TPSA) is 67.6 Å². The number of aromatic amines is 1. The van der Waals surface area contributed by atoms with E-state index in [1.54, 1.807) is 0 Å². The normalized spacial score (nSPS) is 10.4. The van der Waals surface area contributed by atoms with E-state index in [1.165, 1.54) is 0 Å². The van der Waals surface area contributed by atoms with Gasteiger partial charge in [-0.05, 0) is 30.4 Å². The van der Waals surface area contributed by atoms with Crippen molar-refractivity contribution in [2.45, 2.75) is 0 Å². The number of hydrogen-bond donors (Lipinski definition) is 2. The first-order valence-electron chi connectivity index (χ1n) is 4.25. The van der Waals surface area contributed by atoms with Crippen LogP contribution in [-0.4, -0.2) is 15.0 Å². The summed E-state index contributed by atoms with van der Waals surface area (Å²) in [6, 6.07) is 3.01. The Labute approximate surface area is 94.2 Å². The Morgan fingerprint density at radius 1 is 1.25 bits per heavy atom. The number of nitrogens with zero attached hydrogens (tertiary/aromatic N) is 2. The summed E-state index contributed by atoms with van der Waals surface area (Å²) in [6.07, 6.45) is 0. The molecular weight excluding hydrogens is 234 g/mol. The summed E-state index contributed by atoms with van der Waals surface area (Å²) >= 11 is 4.72. The predicted molar refractivity (Wildman–Crippen MR) is 57.0 cm³/mol. The fourth-order valence-electron chi connectivity index (χ4n) is 1.21. The van der Waals surface area contributed by atoms with Gasteiger partial charge >= 0.3 is 0 Å². The zero-order chi connectivity index (χ0) is 11.7. The lowest BCUT2D eigenvalue weighted by Gasteiger charge is -2.03. The molecule has 0 fully saturated rings. The third-order valence-corrected chi connectivity index (χ3v) is 2.04. The number of nitrogens with two attached hydrogens (primary N) is 1. The molecule has 4 nitrogen and oxygen atoms in total. The van der Waals surface area contributed by atoms with Crippen LogP contribution in [0.2, 0.25) is 0 Å². The number of hydrogen-bond acceptors (Lipinski definition) is 4.